The predicted octanol–water partition coefficient (Wildman–Crippen LogP) is 6.02. The number of non-ortho nitro benzene ring substituents is 1. The summed E-state index contributed by atoms with van der Waals surface area (Å²) in [6, 6.07) is 14.7. The number of aromatic hydroxyl groups is 2. The van der Waals surface area contributed by atoms with Gasteiger partial charge in [-0.2, -0.15) is 0 Å². The molecule has 218 valence electrons. The maximum atomic E-state index is 11.2. The molecule has 0 radical (unpaired) electrons. The third kappa shape index (κ3) is 7.40. The zero-order chi connectivity index (χ0) is 29.5. The Kier molecular flexibility index (Phi) is 11.0. The Morgan fingerprint density at radius 3 is 2.26 bits per heavy atom. The van der Waals surface area contributed by atoms with E-state index in [4.69, 9.17) is 15.1 Å². The van der Waals surface area contributed by atoms with Crippen LogP contribution in [0, 0.1) is 20.2 Å². The van der Waals surface area contributed by atoms with Gasteiger partial charge >= 0.3 is 5.69 Å². The van der Waals surface area contributed by atoms with Crippen molar-refractivity contribution in [1.29, 1.82) is 0 Å². The van der Waals surface area contributed by atoms with Gasteiger partial charge in [-0.25, -0.2) is 5.26 Å². The molecular weight excluding hydrogens is 618 g/mol. The van der Waals surface area contributed by atoms with E-state index >= 15 is 0 Å². The maximum absolute atomic E-state index is 11.2. The molecule has 16 nitrogen and oxygen atoms in total. The number of ether oxygens (including phenoxy) is 1. The number of azo groups is 1. The summed E-state index contributed by atoms with van der Waals surface area (Å²) in [5.41, 5.74) is -1.20. The summed E-state index contributed by atoms with van der Waals surface area (Å²) in [5.74, 6) is -0.820. The van der Waals surface area contributed by atoms with E-state index in [1.165, 1.54) is 6.07 Å². The number of hydrogen-bond donors (Lipinski definition) is 5. The van der Waals surface area contributed by atoms with Gasteiger partial charge in [0.05, 0.1) is 39.5 Å². The zero-order valence-corrected chi connectivity index (χ0v) is 23.0. The summed E-state index contributed by atoms with van der Waals surface area (Å²) in [5, 5.41) is 76.3. The van der Waals surface area contributed by atoms with E-state index in [9.17, 15) is 30.4 Å². The number of aliphatic hydroxyl groups excluding tert-OH is 1. The Morgan fingerprint density at radius 2 is 1.62 bits per heavy atom. The molecule has 0 aliphatic rings. The van der Waals surface area contributed by atoms with Crippen molar-refractivity contribution in [3.05, 3.63) is 80.9 Å². The molecule has 4 aromatic rings. The van der Waals surface area contributed by atoms with Crippen molar-refractivity contribution in [3.63, 3.8) is 0 Å². The van der Waals surface area contributed by atoms with Gasteiger partial charge in [-0.05, 0) is 53.9 Å². The SMILES string of the molecule is O=[N+]([O-])c1cc(N=Nc2c(SOOO)cc3cc(Nc4ccc(OCCO)cc4)ccc3c2O)c(O)c([N+](=O)[O-])c1.[Cr]. The van der Waals surface area contributed by atoms with Crippen LogP contribution in [0.4, 0.5) is 34.1 Å². The fourth-order valence-corrected chi connectivity index (χ4v) is 4.12. The summed E-state index contributed by atoms with van der Waals surface area (Å²) in [6.07, 6.45) is 0. The smallest absolute Gasteiger partial charge is 0.319 e. The van der Waals surface area contributed by atoms with E-state index in [1.807, 2.05) is 0 Å². The molecule has 0 aliphatic heterocycles. The Hall–Kier alpha value is -4.54. The normalized spacial score (nSPS) is 10.9. The summed E-state index contributed by atoms with van der Waals surface area (Å²) in [7, 11) is 0. The van der Waals surface area contributed by atoms with Crippen molar-refractivity contribution < 1.29 is 61.9 Å². The number of benzene rings is 4. The number of nitro groups is 2. The van der Waals surface area contributed by atoms with Gasteiger partial charge in [0.1, 0.15) is 23.7 Å². The minimum Gasteiger partial charge on any atom is -0.505 e. The average molecular weight is 638 g/mol. The molecule has 4 aromatic carbocycles. The fourth-order valence-electron chi connectivity index (χ4n) is 3.62. The molecule has 0 aromatic heterocycles. The Labute approximate surface area is 250 Å². The van der Waals surface area contributed by atoms with Crippen LogP contribution in [-0.4, -0.2) is 43.6 Å². The van der Waals surface area contributed by atoms with Crippen LogP contribution in [0.2, 0.25) is 0 Å². The summed E-state index contributed by atoms with van der Waals surface area (Å²) >= 11 is 0.432. The van der Waals surface area contributed by atoms with Gasteiger partial charge in [0, 0.05) is 40.2 Å². The van der Waals surface area contributed by atoms with Gasteiger partial charge in [-0.15, -0.1) is 14.6 Å². The van der Waals surface area contributed by atoms with Crippen molar-refractivity contribution in [1.82, 2.24) is 0 Å². The van der Waals surface area contributed by atoms with Crippen molar-refractivity contribution >= 4 is 56.9 Å². The second-order valence-electron chi connectivity index (χ2n) is 8.00. The number of anilines is 2. The standard InChI is InChI=1S/C24H19N5O11S.Cr/c30-7-8-38-17-4-1-14(2-5-17)25-15-3-6-18-13(9-15)10-21(41-40-39-37)22(23(18)31)27-26-19-11-16(28(33)34)12-20(24(19)32)29(35)36;/h1-6,9-12,25,30-32,37H,7-8H2;. The number of phenols is 2. The number of hydrogen-bond acceptors (Lipinski definition) is 15. The second kappa shape index (κ2) is 14.4. The van der Waals surface area contributed by atoms with E-state index in [-0.39, 0.29) is 41.2 Å². The first-order chi connectivity index (χ1) is 19.7. The second-order valence-corrected chi connectivity index (χ2v) is 8.74. The van der Waals surface area contributed by atoms with Crippen molar-refractivity contribution in [3.8, 4) is 17.2 Å². The Morgan fingerprint density at radius 1 is 0.905 bits per heavy atom. The summed E-state index contributed by atoms with van der Waals surface area (Å²) < 4.78 is 9.83. The molecule has 0 fully saturated rings. The molecule has 42 heavy (non-hydrogen) atoms. The molecular formula is C24H19CrN5O11S. The van der Waals surface area contributed by atoms with Gasteiger partial charge in [0.15, 0.2) is 5.75 Å². The van der Waals surface area contributed by atoms with Crippen LogP contribution in [0.3, 0.4) is 0 Å². The molecule has 0 aliphatic carbocycles. The first-order valence-corrected chi connectivity index (χ1v) is 12.1. The Bertz CT molecular complexity index is 1640. The fraction of sp³-hybridized carbons (Fsp3) is 0.0833. The van der Waals surface area contributed by atoms with Gasteiger partial charge in [0.25, 0.3) is 5.69 Å². The number of phenolic OH excluding ortho intramolecular Hbond substituents is 2. The Balaban J connectivity index is 0.00000484. The molecule has 0 unspecified atom stereocenters. The molecule has 0 spiro atoms. The van der Waals surface area contributed by atoms with Gasteiger partial charge in [-0.3, -0.25) is 20.2 Å². The van der Waals surface area contributed by atoms with Crippen LogP contribution in [0.15, 0.2) is 75.8 Å². The van der Waals surface area contributed by atoms with Crippen LogP contribution in [-0.2, 0) is 26.7 Å². The van der Waals surface area contributed by atoms with E-state index < -0.39 is 38.4 Å². The number of nitrogens with zero attached hydrogens (tertiary/aromatic N) is 4. The number of nitro benzene ring substituents is 2. The number of aliphatic hydroxyl groups is 1. The largest absolute Gasteiger partial charge is 0.505 e. The minimum atomic E-state index is -1.02. The summed E-state index contributed by atoms with van der Waals surface area (Å²) in [6.45, 7) is 0.0583. The van der Waals surface area contributed by atoms with Crippen molar-refractivity contribution in [2.24, 2.45) is 10.2 Å². The van der Waals surface area contributed by atoms with Gasteiger partial charge in [0.2, 0.25) is 5.75 Å². The van der Waals surface area contributed by atoms with E-state index in [0.29, 0.717) is 46.0 Å². The molecule has 0 atom stereocenters. The van der Waals surface area contributed by atoms with Gasteiger partial charge in [-0.1, -0.05) is 5.04 Å². The maximum Gasteiger partial charge on any atom is 0.319 e. The average Bonchev–Trinajstić information content (AvgIpc) is 2.95. The molecule has 0 bridgehead atoms. The molecule has 18 heteroatoms. The summed E-state index contributed by atoms with van der Waals surface area (Å²) in [4.78, 5) is 20.5. The van der Waals surface area contributed by atoms with E-state index in [0.717, 1.165) is 6.07 Å². The predicted molar refractivity (Wildman–Crippen MR) is 144 cm³/mol. The number of rotatable bonds is 12. The van der Waals surface area contributed by atoms with Crippen LogP contribution < -0.4 is 10.1 Å². The van der Waals surface area contributed by atoms with E-state index in [2.05, 4.69) is 24.9 Å². The first-order valence-electron chi connectivity index (χ1n) is 11.3. The number of fused-ring (bicyclic) bond motifs is 1. The molecule has 0 saturated heterocycles. The quantitative estimate of drug-likeness (QED) is 0.0393. The number of nitrogens with one attached hydrogen (secondary N) is 1. The van der Waals surface area contributed by atoms with Crippen molar-refractivity contribution in [2.75, 3.05) is 18.5 Å². The van der Waals surface area contributed by atoms with Crippen LogP contribution in [0.5, 0.6) is 17.2 Å². The third-order valence-electron chi connectivity index (χ3n) is 5.43. The van der Waals surface area contributed by atoms with E-state index in [1.54, 1.807) is 42.5 Å². The third-order valence-corrected chi connectivity index (χ3v) is 6.05. The zero-order valence-electron chi connectivity index (χ0n) is 20.9. The van der Waals surface area contributed by atoms with Crippen LogP contribution in [0.1, 0.15) is 0 Å². The minimum absolute atomic E-state index is 0. The molecule has 0 heterocycles. The van der Waals surface area contributed by atoms with Crippen LogP contribution in [0.25, 0.3) is 10.8 Å². The first kappa shape index (κ1) is 32.0. The molecule has 5 N–H and O–H groups in total. The topological polar surface area (TPSA) is 232 Å². The van der Waals surface area contributed by atoms with Crippen molar-refractivity contribution in [2.45, 2.75) is 4.90 Å². The molecule has 0 saturated carbocycles. The molecule has 0 amide bonds. The van der Waals surface area contributed by atoms with Gasteiger partial charge < -0.3 is 25.4 Å². The monoisotopic (exact) mass is 637 g/mol. The molecule has 4 rings (SSSR count). The van der Waals surface area contributed by atoms with Crippen LogP contribution >= 0.6 is 12.0 Å².